The van der Waals surface area contributed by atoms with Crippen LogP contribution >= 0.6 is 23.4 Å². The van der Waals surface area contributed by atoms with Gasteiger partial charge in [-0.3, -0.25) is 9.80 Å². The fraction of sp³-hybridized carbons (Fsp3) is 0.360. The number of likely N-dealkylation sites (tertiary alicyclic amines) is 1. The number of halogens is 1. The molecule has 2 N–H and O–H groups in total. The molecular formula is C25H27ClN2O4S. The van der Waals surface area contributed by atoms with Crippen LogP contribution in [0, 0.1) is 0 Å². The molecule has 3 heterocycles. The normalized spacial score (nSPS) is 24.4. The van der Waals surface area contributed by atoms with E-state index in [1.165, 1.54) is 46.8 Å². The average Bonchev–Trinajstić information content (AvgIpc) is 2.96. The molecule has 3 unspecified atom stereocenters. The third-order valence-corrected chi connectivity index (χ3v) is 8.07. The summed E-state index contributed by atoms with van der Waals surface area (Å²) >= 11 is 8.30. The molecule has 8 heteroatoms. The molecule has 3 aliphatic heterocycles. The van der Waals surface area contributed by atoms with Gasteiger partial charge in [-0.25, -0.2) is 9.59 Å². The molecule has 2 bridgehead atoms. The SMILES string of the molecule is CN1C2CCC1CN(C1Cc3ccccc3Sc3ccc(Cl)cc31)C2.O=C(O)/C=C/C(=O)O. The van der Waals surface area contributed by atoms with E-state index in [1.807, 2.05) is 17.8 Å². The predicted molar refractivity (Wildman–Crippen MR) is 129 cm³/mol. The molecule has 0 spiro atoms. The van der Waals surface area contributed by atoms with Crippen LogP contribution < -0.4 is 0 Å². The van der Waals surface area contributed by atoms with Gasteiger partial charge >= 0.3 is 11.9 Å². The Balaban J connectivity index is 0.000000281. The number of fused-ring (bicyclic) bond motifs is 4. The highest BCUT2D eigenvalue weighted by atomic mass is 35.5. The van der Waals surface area contributed by atoms with Gasteiger partial charge in [0.25, 0.3) is 0 Å². The Labute approximate surface area is 202 Å². The minimum atomic E-state index is -1.26. The summed E-state index contributed by atoms with van der Waals surface area (Å²) in [6.45, 7) is 2.35. The molecule has 2 aromatic carbocycles. The monoisotopic (exact) mass is 486 g/mol. The third-order valence-electron chi connectivity index (χ3n) is 6.62. The molecule has 5 rings (SSSR count). The highest BCUT2D eigenvalue weighted by Gasteiger charge is 2.40. The van der Waals surface area contributed by atoms with Crippen LogP contribution in [0.5, 0.6) is 0 Å². The molecule has 3 aliphatic rings. The average molecular weight is 487 g/mol. The van der Waals surface area contributed by atoms with Crippen molar-refractivity contribution in [3.05, 3.63) is 70.8 Å². The maximum atomic E-state index is 9.55. The van der Waals surface area contributed by atoms with Crippen molar-refractivity contribution in [1.82, 2.24) is 9.80 Å². The van der Waals surface area contributed by atoms with E-state index >= 15 is 0 Å². The number of aliphatic carboxylic acids is 2. The van der Waals surface area contributed by atoms with Gasteiger partial charge in [0.1, 0.15) is 0 Å². The number of likely N-dealkylation sites (N-methyl/N-ethyl adjacent to an activating group) is 1. The minimum Gasteiger partial charge on any atom is -0.478 e. The summed E-state index contributed by atoms with van der Waals surface area (Å²) in [5.41, 5.74) is 2.88. The first-order valence-electron chi connectivity index (χ1n) is 11.0. The smallest absolute Gasteiger partial charge is 0.328 e. The largest absolute Gasteiger partial charge is 0.478 e. The van der Waals surface area contributed by atoms with Crippen molar-refractivity contribution in [3.8, 4) is 0 Å². The fourth-order valence-electron chi connectivity index (χ4n) is 4.95. The first-order chi connectivity index (χ1) is 15.8. The minimum absolute atomic E-state index is 0.432. The zero-order valence-electron chi connectivity index (χ0n) is 18.4. The lowest BCUT2D eigenvalue weighted by atomic mass is 9.96. The van der Waals surface area contributed by atoms with Gasteiger partial charge in [0.15, 0.2) is 0 Å². The number of rotatable bonds is 3. The zero-order valence-corrected chi connectivity index (χ0v) is 19.9. The number of carboxylic acid groups (broad SMARTS) is 2. The van der Waals surface area contributed by atoms with Gasteiger partial charge in [0.2, 0.25) is 0 Å². The summed E-state index contributed by atoms with van der Waals surface area (Å²) in [5.74, 6) is -2.51. The molecule has 3 atom stereocenters. The maximum Gasteiger partial charge on any atom is 0.328 e. The molecule has 0 radical (unpaired) electrons. The summed E-state index contributed by atoms with van der Waals surface area (Å²) < 4.78 is 0. The van der Waals surface area contributed by atoms with Crippen LogP contribution in [0.1, 0.15) is 30.0 Å². The van der Waals surface area contributed by atoms with Crippen molar-refractivity contribution in [1.29, 1.82) is 0 Å². The molecule has 33 heavy (non-hydrogen) atoms. The van der Waals surface area contributed by atoms with E-state index in [2.05, 4.69) is 53.2 Å². The second kappa shape index (κ2) is 10.3. The number of carboxylic acids is 2. The Hall–Kier alpha value is -2.32. The summed E-state index contributed by atoms with van der Waals surface area (Å²) in [6.07, 6.45) is 4.89. The summed E-state index contributed by atoms with van der Waals surface area (Å²) in [5, 5.41) is 16.5. The van der Waals surface area contributed by atoms with Crippen molar-refractivity contribution in [2.75, 3.05) is 20.1 Å². The van der Waals surface area contributed by atoms with E-state index in [0.717, 1.165) is 11.4 Å². The number of nitrogens with zero attached hydrogens (tertiary/aromatic N) is 2. The van der Waals surface area contributed by atoms with Crippen molar-refractivity contribution in [3.63, 3.8) is 0 Å². The summed E-state index contributed by atoms with van der Waals surface area (Å²) in [7, 11) is 2.31. The van der Waals surface area contributed by atoms with E-state index in [4.69, 9.17) is 21.8 Å². The molecule has 174 valence electrons. The Morgan fingerprint density at radius 2 is 1.64 bits per heavy atom. The van der Waals surface area contributed by atoms with E-state index in [-0.39, 0.29) is 0 Å². The van der Waals surface area contributed by atoms with Gasteiger partial charge in [0.05, 0.1) is 0 Å². The lowest BCUT2D eigenvalue weighted by Gasteiger charge is -2.43. The maximum absolute atomic E-state index is 9.55. The number of hydrogen-bond acceptors (Lipinski definition) is 5. The molecule has 0 aliphatic carbocycles. The number of hydrogen-bond donors (Lipinski definition) is 2. The van der Waals surface area contributed by atoms with Gasteiger partial charge in [-0.2, -0.15) is 0 Å². The molecule has 2 aromatic rings. The van der Waals surface area contributed by atoms with Crippen molar-refractivity contribution in [2.24, 2.45) is 0 Å². The van der Waals surface area contributed by atoms with Crippen molar-refractivity contribution in [2.45, 2.75) is 47.2 Å². The number of carbonyl (C=O) groups is 2. The highest BCUT2D eigenvalue weighted by Crippen LogP contribution is 2.45. The molecule has 0 amide bonds. The number of benzene rings is 2. The standard InChI is InChI=1S/C21H23ClN2S.C4H4O4/c1-23-16-7-8-17(23)13-24(12-16)19-10-14-4-2-3-5-20(14)25-21-9-6-15(22)11-18(19)21;5-3(6)1-2-4(7)8/h2-6,9,11,16-17,19H,7-8,10,12-13H2,1H3;1-2H,(H,5,6)(H,7,8)/b;2-1+. The number of piperazine rings is 1. The molecule has 2 saturated heterocycles. The lowest BCUT2D eigenvalue weighted by molar-refractivity contribution is -0.134. The van der Waals surface area contributed by atoms with Crippen LogP contribution in [0.3, 0.4) is 0 Å². The Kier molecular flexibility index (Phi) is 7.44. The molecule has 0 saturated carbocycles. The quantitative estimate of drug-likeness (QED) is 0.614. The summed E-state index contributed by atoms with van der Waals surface area (Å²) in [6, 6.07) is 17.2. The van der Waals surface area contributed by atoms with Crippen LogP contribution in [0.25, 0.3) is 0 Å². The second-order valence-electron chi connectivity index (χ2n) is 8.63. The van der Waals surface area contributed by atoms with Gasteiger partial charge in [-0.05, 0) is 61.7 Å². The first-order valence-corrected chi connectivity index (χ1v) is 12.2. The Morgan fingerprint density at radius 3 is 2.27 bits per heavy atom. The molecule has 6 nitrogen and oxygen atoms in total. The third kappa shape index (κ3) is 5.61. The molecular weight excluding hydrogens is 460 g/mol. The van der Waals surface area contributed by atoms with Gasteiger partial charge < -0.3 is 10.2 Å². The van der Waals surface area contributed by atoms with E-state index < -0.39 is 11.9 Å². The van der Waals surface area contributed by atoms with E-state index in [0.29, 0.717) is 30.3 Å². The van der Waals surface area contributed by atoms with Gasteiger partial charge in [0, 0.05) is 58.2 Å². The van der Waals surface area contributed by atoms with Crippen molar-refractivity contribution < 1.29 is 19.8 Å². The first kappa shape index (κ1) is 23.8. The topological polar surface area (TPSA) is 81.1 Å². The van der Waals surface area contributed by atoms with Crippen LogP contribution in [-0.4, -0.2) is 64.2 Å². The van der Waals surface area contributed by atoms with Crippen LogP contribution in [0.2, 0.25) is 5.02 Å². The Bertz CT molecular complexity index is 1050. The molecule has 2 fully saturated rings. The second-order valence-corrected chi connectivity index (χ2v) is 10.1. The zero-order chi connectivity index (χ0) is 23.5. The van der Waals surface area contributed by atoms with Crippen LogP contribution in [-0.2, 0) is 16.0 Å². The fourth-order valence-corrected chi connectivity index (χ4v) is 6.25. The van der Waals surface area contributed by atoms with Crippen LogP contribution in [0.15, 0.2) is 64.4 Å². The molecule has 0 aromatic heterocycles. The Morgan fingerprint density at radius 1 is 1.00 bits per heavy atom. The summed E-state index contributed by atoms with van der Waals surface area (Å²) in [4.78, 5) is 27.2. The highest BCUT2D eigenvalue weighted by molar-refractivity contribution is 7.99. The van der Waals surface area contributed by atoms with E-state index in [1.54, 1.807) is 0 Å². The van der Waals surface area contributed by atoms with E-state index in [9.17, 15) is 9.59 Å². The predicted octanol–water partition coefficient (Wildman–Crippen LogP) is 4.58. The van der Waals surface area contributed by atoms with Crippen molar-refractivity contribution >= 4 is 35.3 Å². The van der Waals surface area contributed by atoms with Gasteiger partial charge in [-0.1, -0.05) is 41.6 Å². The lowest BCUT2D eigenvalue weighted by Crippen LogP contribution is -2.53. The van der Waals surface area contributed by atoms with Gasteiger partial charge in [-0.15, -0.1) is 0 Å². The van der Waals surface area contributed by atoms with Crippen LogP contribution in [0.4, 0.5) is 0 Å².